The summed E-state index contributed by atoms with van der Waals surface area (Å²) in [5.41, 5.74) is 2.35. The summed E-state index contributed by atoms with van der Waals surface area (Å²) in [6.45, 7) is 3.60. The molecule has 2 aromatic rings. The molecule has 0 saturated carbocycles. The van der Waals surface area contributed by atoms with Gasteiger partial charge in [0.05, 0.1) is 4.88 Å². The lowest BCUT2D eigenvalue weighted by Gasteiger charge is -2.15. The molecule has 0 radical (unpaired) electrons. The third-order valence-electron chi connectivity index (χ3n) is 3.85. The predicted molar refractivity (Wildman–Crippen MR) is 88.6 cm³/mol. The quantitative estimate of drug-likeness (QED) is 0.942. The lowest BCUT2D eigenvalue weighted by molar-refractivity contribution is 0.0792. The Morgan fingerprint density at radius 1 is 1.09 bits per heavy atom. The number of rotatable bonds is 3. The first-order valence-electron chi connectivity index (χ1n) is 7.40. The summed E-state index contributed by atoms with van der Waals surface area (Å²) in [6, 6.07) is 9.04. The van der Waals surface area contributed by atoms with Crippen molar-refractivity contribution in [1.82, 2.24) is 4.90 Å². The number of aryl methyl sites for hydroxylation is 1. The Balaban J connectivity index is 1.68. The van der Waals surface area contributed by atoms with Crippen molar-refractivity contribution in [2.75, 3.05) is 18.4 Å². The molecule has 0 aliphatic carbocycles. The van der Waals surface area contributed by atoms with Gasteiger partial charge in [-0.25, -0.2) is 0 Å². The van der Waals surface area contributed by atoms with Gasteiger partial charge in [0.1, 0.15) is 0 Å². The van der Waals surface area contributed by atoms with Gasteiger partial charge in [-0.1, -0.05) is 0 Å². The van der Waals surface area contributed by atoms with Crippen LogP contribution in [-0.2, 0) is 0 Å². The van der Waals surface area contributed by atoms with Crippen LogP contribution in [0.3, 0.4) is 0 Å². The van der Waals surface area contributed by atoms with Gasteiger partial charge in [-0.3, -0.25) is 9.59 Å². The molecule has 1 aliphatic rings. The lowest BCUT2D eigenvalue weighted by atomic mass is 10.2. The average molecular weight is 314 g/mol. The zero-order valence-corrected chi connectivity index (χ0v) is 13.3. The second-order valence-electron chi connectivity index (χ2n) is 5.46. The van der Waals surface area contributed by atoms with Crippen LogP contribution in [-0.4, -0.2) is 29.8 Å². The van der Waals surface area contributed by atoms with Gasteiger partial charge in [-0.2, -0.15) is 0 Å². The van der Waals surface area contributed by atoms with Crippen molar-refractivity contribution in [1.29, 1.82) is 0 Å². The van der Waals surface area contributed by atoms with Crippen LogP contribution >= 0.6 is 11.3 Å². The number of amides is 2. The van der Waals surface area contributed by atoms with E-state index in [9.17, 15) is 9.59 Å². The summed E-state index contributed by atoms with van der Waals surface area (Å²) >= 11 is 1.43. The molecule has 0 spiro atoms. The highest BCUT2D eigenvalue weighted by Crippen LogP contribution is 2.19. The fraction of sp³-hybridized carbons (Fsp3) is 0.294. The minimum atomic E-state index is -0.105. The van der Waals surface area contributed by atoms with E-state index < -0.39 is 0 Å². The average Bonchev–Trinajstić information content (AvgIpc) is 3.18. The third-order valence-corrected chi connectivity index (χ3v) is 4.87. The zero-order chi connectivity index (χ0) is 15.5. The topological polar surface area (TPSA) is 49.4 Å². The standard InChI is InChI=1S/C17H18N2O2S/c1-12-8-11-22-15(12)16(20)18-14-6-4-13(5-7-14)17(21)19-9-2-3-10-19/h4-8,11H,2-3,9-10H2,1H3,(H,18,20). The first-order valence-corrected chi connectivity index (χ1v) is 8.28. The molecule has 3 rings (SSSR count). The van der Waals surface area contributed by atoms with Gasteiger partial charge >= 0.3 is 0 Å². The molecule has 114 valence electrons. The second kappa shape index (κ2) is 6.32. The molecule has 4 nitrogen and oxygen atoms in total. The van der Waals surface area contributed by atoms with E-state index in [1.165, 1.54) is 11.3 Å². The number of nitrogens with zero attached hydrogens (tertiary/aromatic N) is 1. The monoisotopic (exact) mass is 314 g/mol. The van der Waals surface area contributed by atoms with Crippen LogP contribution in [0.1, 0.15) is 38.4 Å². The summed E-state index contributed by atoms with van der Waals surface area (Å²) in [4.78, 5) is 27.0. The smallest absolute Gasteiger partial charge is 0.265 e. The number of benzene rings is 1. The van der Waals surface area contributed by atoms with Gasteiger partial charge in [-0.05, 0) is 61.0 Å². The summed E-state index contributed by atoms with van der Waals surface area (Å²) in [5, 5.41) is 4.77. The first-order chi connectivity index (χ1) is 10.6. The van der Waals surface area contributed by atoms with Gasteiger partial charge < -0.3 is 10.2 Å². The molecular weight excluding hydrogens is 296 g/mol. The van der Waals surface area contributed by atoms with Crippen LogP contribution in [0.15, 0.2) is 35.7 Å². The van der Waals surface area contributed by atoms with Crippen molar-refractivity contribution in [2.45, 2.75) is 19.8 Å². The van der Waals surface area contributed by atoms with E-state index in [2.05, 4.69) is 5.32 Å². The van der Waals surface area contributed by atoms with Crippen LogP contribution in [0.25, 0.3) is 0 Å². The molecule has 1 aromatic heterocycles. The fourth-order valence-corrected chi connectivity index (χ4v) is 3.41. The van der Waals surface area contributed by atoms with Gasteiger partial charge in [0, 0.05) is 24.3 Å². The zero-order valence-electron chi connectivity index (χ0n) is 12.5. The Morgan fingerprint density at radius 2 is 1.77 bits per heavy atom. The van der Waals surface area contributed by atoms with E-state index >= 15 is 0 Å². The molecule has 1 N–H and O–H groups in total. The number of hydrogen-bond donors (Lipinski definition) is 1. The van der Waals surface area contributed by atoms with Crippen molar-refractivity contribution in [2.24, 2.45) is 0 Å². The number of anilines is 1. The molecule has 1 saturated heterocycles. The number of thiophene rings is 1. The van der Waals surface area contributed by atoms with Crippen molar-refractivity contribution < 1.29 is 9.59 Å². The first kappa shape index (κ1) is 14.8. The van der Waals surface area contributed by atoms with Gasteiger partial charge in [0.25, 0.3) is 11.8 Å². The van der Waals surface area contributed by atoms with Gasteiger partial charge in [0.15, 0.2) is 0 Å². The molecule has 0 bridgehead atoms. The molecule has 1 aromatic carbocycles. The molecule has 0 atom stereocenters. The Bertz CT molecular complexity index is 685. The highest BCUT2D eigenvalue weighted by molar-refractivity contribution is 7.12. The highest BCUT2D eigenvalue weighted by atomic mass is 32.1. The second-order valence-corrected chi connectivity index (χ2v) is 6.38. The fourth-order valence-electron chi connectivity index (χ4n) is 2.59. The summed E-state index contributed by atoms with van der Waals surface area (Å²) < 4.78 is 0. The highest BCUT2D eigenvalue weighted by Gasteiger charge is 2.19. The molecule has 22 heavy (non-hydrogen) atoms. The Morgan fingerprint density at radius 3 is 2.36 bits per heavy atom. The van der Waals surface area contributed by atoms with Crippen molar-refractivity contribution in [3.8, 4) is 0 Å². The van der Waals surface area contributed by atoms with Crippen LogP contribution in [0.5, 0.6) is 0 Å². The maximum absolute atomic E-state index is 12.3. The minimum Gasteiger partial charge on any atom is -0.339 e. The van der Waals surface area contributed by atoms with Crippen LogP contribution < -0.4 is 5.32 Å². The Labute approximate surface area is 133 Å². The van der Waals surface area contributed by atoms with Crippen LogP contribution in [0.4, 0.5) is 5.69 Å². The summed E-state index contributed by atoms with van der Waals surface area (Å²) in [5.74, 6) is -0.0319. The molecule has 0 unspecified atom stereocenters. The number of nitrogens with one attached hydrogen (secondary N) is 1. The van der Waals surface area contributed by atoms with E-state index in [1.807, 2.05) is 23.3 Å². The normalized spacial score (nSPS) is 14.1. The maximum atomic E-state index is 12.3. The van der Waals surface area contributed by atoms with Gasteiger partial charge in [-0.15, -0.1) is 11.3 Å². The number of likely N-dealkylation sites (tertiary alicyclic amines) is 1. The van der Waals surface area contributed by atoms with E-state index in [1.54, 1.807) is 24.3 Å². The van der Waals surface area contributed by atoms with E-state index in [0.717, 1.165) is 36.4 Å². The third kappa shape index (κ3) is 3.04. The number of hydrogen-bond acceptors (Lipinski definition) is 3. The number of carbonyl (C=O) groups is 2. The molecule has 5 heteroatoms. The predicted octanol–water partition coefficient (Wildman–Crippen LogP) is 3.54. The Hall–Kier alpha value is -2.14. The van der Waals surface area contributed by atoms with E-state index in [0.29, 0.717) is 11.3 Å². The van der Waals surface area contributed by atoms with Gasteiger partial charge in [0.2, 0.25) is 0 Å². The largest absolute Gasteiger partial charge is 0.339 e. The SMILES string of the molecule is Cc1ccsc1C(=O)Nc1ccc(C(=O)N2CCCC2)cc1. The Kier molecular flexibility index (Phi) is 4.24. The molecule has 2 amide bonds. The van der Waals surface area contributed by atoms with E-state index in [-0.39, 0.29) is 11.8 Å². The van der Waals surface area contributed by atoms with E-state index in [4.69, 9.17) is 0 Å². The van der Waals surface area contributed by atoms with Crippen molar-refractivity contribution >= 4 is 28.8 Å². The summed E-state index contributed by atoms with van der Waals surface area (Å²) in [6.07, 6.45) is 2.17. The number of carbonyl (C=O) groups excluding carboxylic acids is 2. The van der Waals surface area contributed by atoms with Crippen molar-refractivity contribution in [3.05, 3.63) is 51.7 Å². The maximum Gasteiger partial charge on any atom is 0.265 e. The molecular formula is C17H18N2O2S. The van der Waals surface area contributed by atoms with Crippen molar-refractivity contribution in [3.63, 3.8) is 0 Å². The molecule has 1 fully saturated rings. The van der Waals surface area contributed by atoms with Crippen LogP contribution in [0.2, 0.25) is 0 Å². The minimum absolute atomic E-state index is 0.0736. The molecule has 2 heterocycles. The van der Waals surface area contributed by atoms with Crippen LogP contribution in [0, 0.1) is 6.92 Å². The summed E-state index contributed by atoms with van der Waals surface area (Å²) in [7, 11) is 0. The molecule has 1 aliphatic heterocycles. The lowest BCUT2D eigenvalue weighted by Crippen LogP contribution is -2.27.